The number of benzene rings is 1. The Kier molecular flexibility index (Phi) is 6.21. The fourth-order valence-electron chi connectivity index (χ4n) is 1.49. The van der Waals surface area contributed by atoms with E-state index in [0.717, 1.165) is 0 Å². The first kappa shape index (κ1) is 18.3. The molecule has 0 heterocycles. The molecule has 1 amide bonds. The second-order valence-corrected chi connectivity index (χ2v) is 6.06. The summed E-state index contributed by atoms with van der Waals surface area (Å²) in [5.74, 6) is -1.42. The fraction of sp³-hybridized carbons (Fsp3) is 0.400. The predicted octanol–water partition coefficient (Wildman–Crippen LogP) is 3.20. The highest BCUT2D eigenvalue weighted by atomic mass is 35.5. The van der Waals surface area contributed by atoms with Crippen molar-refractivity contribution in [3.05, 3.63) is 33.8 Å². The van der Waals surface area contributed by atoms with E-state index in [1.54, 1.807) is 20.8 Å². The summed E-state index contributed by atoms with van der Waals surface area (Å²) >= 11 is 11.7. The summed E-state index contributed by atoms with van der Waals surface area (Å²) < 4.78 is 4.89. The van der Waals surface area contributed by atoms with Crippen molar-refractivity contribution in [3.8, 4) is 6.07 Å². The molecule has 0 unspecified atom stereocenters. The van der Waals surface area contributed by atoms with Crippen LogP contribution in [0, 0.1) is 17.2 Å². The largest absolute Gasteiger partial charge is 0.452 e. The van der Waals surface area contributed by atoms with E-state index >= 15 is 0 Å². The van der Waals surface area contributed by atoms with Crippen LogP contribution >= 0.6 is 23.2 Å². The maximum atomic E-state index is 11.9. The molecule has 0 saturated heterocycles. The summed E-state index contributed by atoms with van der Waals surface area (Å²) in [6.07, 6.45) is 0. The molecule has 1 aromatic carbocycles. The van der Waals surface area contributed by atoms with Crippen molar-refractivity contribution in [2.24, 2.45) is 5.92 Å². The Morgan fingerprint density at radius 2 is 2.05 bits per heavy atom. The lowest BCUT2D eigenvalue weighted by molar-refractivity contribution is -0.125. The Morgan fingerprint density at radius 3 is 2.59 bits per heavy atom. The van der Waals surface area contributed by atoms with E-state index in [2.05, 4.69) is 5.32 Å². The number of hydrogen-bond acceptors (Lipinski definition) is 4. The molecule has 1 rings (SSSR count). The minimum atomic E-state index is -1.03. The van der Waals surface area contributed by atoms with Crippen LogP contribution in [0.15, 0.2) is 18.2 Å². The predicted molar refractivity (Wildman–Crippen MR) is 83.7 cm³/mol. The number of esters is 1. The molecule has 0 spiro atoms. The lowest BCUT2D eigenvalue weighted by atomic mass is 9.90. The van der Waals surface area contributed by atoms with E-state index < -0.39 is 24.0 Å². The molecule has 0 radical (unpaired) electrons. The summed E-state index contributed by atoms with van der Waals surface area (Å²) in [6, 6.07) is 6.39. The Hall–Kier alpha value is -1.77. The van der Waals surface area contributed by atoms with Gasteiger partial charge in [0.15, 0.2) is 6.61 Å². The zero-order valence-electron chi connectivity index (χ0n) is 12.4. The minimum Gasteiger partial charge on any atom is -0.452 e. The SMILES string of the molecule is CC(C)[C@@](C)(C#N)NC(=O)COC(=O)c1cc(Cl)ccc1Cl. The van der Waals surface area contributed by atoms with Crippen molar-refractivity contribution in [3.63, 3.8) is 0 Å². The van der Waals surface area contributed by atoms with Gasteiger partial charge in [0, 0.05) is 5.02 Å². The Morgan fingerprint density at radius 1 is 1.41 bits per heavy atom. The van der Waals surface area contributed by atoms with E-state index in [1.807, 2.05) is 6.07 Å². The molecule has 0 saturated carbocycles. The quantitative estimate of drug-likeness (QED) is 0.833. The molecule has 1 N–H and O–H groups in total. The molecule has 5 nitrogen and oxygen atoms in total. The topological polar surface area (TPSA) is 79.2 Å². The number of carbonyl (C=O) groups is 2. The van der Waals surface area contributed by atoms with Crippen LogP contribution in [0.5, 0.6) is 0 Å². The highest BCUT2D eigenvalue weighted by Crippen LogP contribution is 2.21. The summed E-state index contributed by atoms with van der Waals surface area (Å²) in [6.45, 7) is 4.71. The monoisotopic (exact) mass is 342 g/mol. The second-order valence-electron chi connectivity index (χ2n) is 5.22. The highest BCUT2D eigenvalue weighted by Gasteiger charge is 2.30. The summed E-state index contributed by atoms with van der Waals surface area (Å²) in [7, 11) is 0. The van der Waals surface area contributed by atoms with Crippen LogP contribution in [0.25, 0.3) is 0 Å². The van der Waals surface area contributed by atoms with Gasteiger partial charge in [-0.1, -0.05) is 37.0 Å². The third-order valence-corrected chi connectivity index (χ3v) is 3.83. The van der Waals surface area contributed by atoms with Crippen molar-refractivity contribution >= 4 is 35.1 Å². The van der Waals surface area contributed by atoms with Gasteiger partial charge in [0.05, 0.1) is 16.7 Å². The smallest absolute Gasteiger partial charge is 0.340 e. The van der Waals surface area contributed by atoms with E-state index in [4.69, 9.17) is 33.2 Å². The highest BCUT2D eigenvalue weighted by molar-refractivity contribution is 6.35. The average Bonchev–Trinajstić information content (AvgIpc) is 2.46. The van der Waals surface area contributed by atoms with Gasteiger partial charge in [-0.2, -0.15) is 5.26 Å². The van der Waals surface area contributed by atoms with Gasteiger partial charge in [0.2, 0.25) is 0 Å². The van der Waals surface area contributed by atoms with Crippen LogP contribution < -0.4 is 5.32 Å². The van der Waals surface area contributed by atoms with Crippen LogP contribution in [-0.4, -0.2) is 24.0 Å². The Bertz CT molecular complexity index is 626. The normalized spacial score (nSPS) is 13.1. The molecule has 0 bridgehead atoms. The van der Waals surface area contributed by atoms with Gasteiger partial charge in [0.1, 0.15) is 5.54 Å². The molecular formula is C15H16Cl2N2O3. The maximum absolute atomic E-state index is 11.9. The Balaban J connectivity index is 2.67. The lowest BCUT2D eigenvalue weighted by Gasteiger charge is -2.27. The number of ether oxygens (including phenoxy) is 1. The number of carbonyl (C=O) groups excluding carboxylic acids is 2. The number of hydrogen-bond donors (Lipinski definition) is 1. The van der Waals surface area contributed by atoms with Crippen LogP contribution in [0.1, 0.15) is 31.1 Å². The zero-order valence-corrected chi connectivity index (χ0v) is 14.0. The van der Waals surface area contributed by atoms with Crippen molar-refractivity contribution in [2.45, 2.75) is 26.3 Å². The summed E-state index contributed by atoms with van der Waals surface area (Å²) in [5, 5.41) is 12.2. The van der Waals surface area contributed by atoms with Gasteiger partial charge in [-0.05, 0) is 31.0 Å². The number of amides is 1. The van der Waals surface area contributed by atoms with E-state index in [1.165, 1.54) is 18.2 Å². The molecule has 118 valence electrons. The van der Waals surface area contributed by atoms with E-state index in [-0.39, 0.29) is 16.5 Å². The molecule has 1 atom stereocenters. The second kappa shape index (κ2) is 7.48. The fourth-order valence-corrected chi connectivity index (χ4v) is 1.86. The lowest BCUT2D eigenvalue weighted by Crippen LogP contribution is -2.50. The summed E-state index contributed by atoms with van der Waals surface area (Å²) in [5.41, 5.74) is -0.953. The number of nitriles is 1. The van der Waals surface area contributed by atoms with Crippen LogP contribution in [0.4, 0.5) is 0 Å². The molecule has 1 aromatic rings. The van der Waals surface area contributed by atoms with E-state index in [0.29, 0.717) is 5.02 Å². The minimum absolute atomic E-state index is 0.0777. The maximum Gasteiger partial charge on any atom is 0.340 e. The molecule has 22 heavy (non-hydrogen) atoms. The van der Waals surface area contributed by atoms with Crippen LogP contribution in [-0.2, 0) is 9.53 Å². The van der Waals surface area contributed by atoms with Crippen molar-refractivity contribution < 1.29 is 14.3 Å². The number of rotatable bonds is 5. The zero-order chi connectivity index (χ0) is 16.9. The third kappa shape index (κ3) is 4.62. The van der Waals surface area contributed by atoms with Gasteiger partial charge in [-0.25, -0.2) is 4.79 Å². The molecular weight excluding hydrogens is 327 g/mol. The van der Waals surface area contributed by atoms with Crippen LogP contribution in [0.2, 0.25) is 10.0 Å². The van der Waals surface area contributed by atoms with Crippen molar-refractivity contribution in [2.75, 3.05) is 6.61 Å². The van der Waals surface area contributed by atoms with Gasteiger partial charge in [0.25, 0.3) is 5.91 Å². The summed E-state index contributed by atoms with van der Waals surface area (Å²) in [4.78, 5) is 23.7. The average molecular weight is 343 g/mol. The molecule has 0 aliphatic heterocycles. The molecule has 0 fully saturated rings. The molecule has 0 aliphatic rings. The molecule has 0 aromatic heterocycles. The van der Waals surface area contributed by atoms with Crippen molar-refractivity contribution in [1.29, 1.82) is 5.26 Å². The van der Waals surface area contributed by atoms with Crippen molar-refractivity contribution in [1.82, 2.24) is 5.32 Å². The molecule has 7 heteroatoms. The first-order valence-corrected chi connectivity index (χ1v) is 7.29. The third-order valence-electron chi connectivity index (χ3n) is 3.27. The Labute approximate surface area is 139 Å². The molecule has 0 aliphatic carbocycles. The standard InChI is InChI=1S/C15H16Cl2N2O3/c1-9(2)15(3,8-18)19-13(20)7-22-14(21)11-6-10(16)4-5-12(11)17/h4-6,9H,7H2,1-3H3,(H,19,20)/t15-/m1/s1. The number of nitrogens with zero attached hydrogens (tertiary/aromatic N) is 1. The van der Waals surface area contributed by atoms with Gasteiger partial charge < -0.3 is 10.1 Å². The first-order valence-electron chi connectivity index (χ1n) is 6.54. The van der Waals surface area contributed by atoms with E-state index in [9.17, 15) is 9.59 Å². The van der Waals surface area contributed by atoms with Gasteiger partial charge in [-0.15, -0.1) is 0 Å². The number of halogens is 2. The van der Waals surface area contributed by atoms with Gasteiger partial charge in [-0.3, -0.25) is 4.79 Å². The van der Waals surface area contributed by atoms with Gasteiger partial charge >= 0.3 is 5.97 Å². The van der Waals surface area contributed by atoms with Crippen LogP contribution in [0.3, 0.4) is 0 Å². The number of nitrogens with one attached hydrogen (secondary N) is 1. The first-order chi connectivity index (χ1) is 10.2.